The van der Waals surface area contributed by atoms with Crippen molar-refractivity contribution in [3.8, 4) is 48.6 Å². The molecule has 0 atom stereocenters. The first-order chi connectivity index (χ1) is 26.2. The van der Waals surface area contributed by atoms with Gasteiger partial charge in [-0.3, -0.25) is 0 Å². The van der Waals surface area contributed by atoms with E-state index in [0.717, 1.165) is 32.7 Å². The van der Waals surface area contributed by atoms with Gasteiger partial charge in [0.2, 0.25) is 0 Å². The molecule has 0 bridgehead atoms. The van der Waals surface area contributed by atoms with Gasteiger partial charge in [-0.25, -0.2) is 0 Å². The van der Waals surface area contributed by atoms with E-state index in [9.17, 15) is 42.1 Å². The van der Waals surface area contributed by atoms with Gasteiger partial charge in [0.05, 0.1) is 33.1 Å². The summed E-state index contributed by atoms with van der Waals surface area (Å²) in [6.45, 7) is 3.74. The smallest absolute Gasteiger partial charge is 0.137 e. The molecule has 9 rings (SSSR count). The summed E-state index contributed by atoms with van der Waals surface area (Å²) >= 11 is 0. The lowest BCUT2D eigenvalue weighted by atomic mass is 9.99. The molecule has 0 fully saturated rings. The van der Waals surface area contributed by atoms with Crippen LogP contribution in [-0.2, 0) is 0 Å². The van der Waals surface area contributed by atoms with Gasteiger partial charge in [-0.05, 0) is 85.6 Å². The van der Waals surface area contributed by atoms with Crippen molar-refractivity contribution < 1.29 is 0 Å². The van der Waals surface area contributed by atoms with Crippen LogP contribution in [0.15, 0.2) is 60.7 Å². The Morgan fingerprint density at radius 1 is 0.333 bits per heavy atom. The van der Waals surface area contributed by atoms with Crippen molar-refractivity contribution in [3.05, 3.63) is 92.7 Å². The number of hydrogen-bond acceptors (Lipinski definition) is 8. The maximum Gasteiger partial charge on any atom is 0.137 e. The van der Waals surface area contributed by atoms with Gasteiger partial charge in [0.1, 0.15) is 70.8 Å². The number of nitrogens with zero attached hydrogens (tertiary/aromatic N) is 10. The second kappa shape index (κ2) is 10.8. The minimum absolute atomic E-state index is 0.0934. The minimum atomic E-state index is -0.0934. The summed E-state index contributed by atoms with van der Waals surface area (Å²) < 4.78 is 4.05. The molecule has 242 valence electrons. The quantitative estimate of drug-likeness (QED) is 0.202. The molecule has 0 saturated heterocycles. The second-order valence-corrected chi connectivity index (χ2v) is 13.2. The third-order valence-electron chi connectivity index (χ3n) is 10.4. The molecular formula is C44H16N10. The van der Waals surface area contributed by atoms with Crippen molar-refractivity contribution in [2.24, 2.45) is 0 Å². The Balaban J connectivity index is 1.67. The highest BCUT2D eigenvalue weighted by molar-refractivity contribution is 6.24. The van der Waals surface area contributed by atoms with Gasteiger partial charge in [0.15, 0.2) is 0 Å². The summed E-state index contributed by atoms with van der Waals surface area (Å²) in [5.74, 6) is 0. The fraction of sp³-hybridized carbons (Fsp3) is 0.0455. The maximum absolute atomic E-state index is 10.1. The predicted molar refractivity (Wildman–Crippen MR) is 202 cm³/mol. The number of pyridine rings is 4. The molecule has 6 aromatic heterocycles. The summed E-state index contributed by atoms with van der Waals surface area (Å²) in [4.78, 5) is 0. The lowest BCUT2D eigenvalue weighted by molar-refractivity contribution is 1.31. The zero-order chi connectivity index (χ0) is 37.7. The molecule has 0 aliphatic carbocycles. The van der Waals surface area contributed by atoms with Crippen LogP contribution in [-0.4, -0.2) is 8.80 Å². The summed E-state index contributed by atoms with van der Waals surface area (Å²) in [6.07, 6.45) is 0. The Labute approximate surface area is 303 Å². The van der Waals surface area contributed by atoms with Crippen LogP contribution in [0.4, 0.5) is 0 Å². The SMILES string of the molecule is Cc1cc2c(=C(C#N)C#N)cc3c4cc5c(cc4c4cc(=C(C#N)C#N)c(c1)c2n34)c1cc(=C(C#N)C#N)c2cc(C)cc3c(=C(C#N)C#N)cc5n1c32. The molecule has 9 aromatic rings. The standard InChI is InChI=1S/C44H16N10/c1-21-3-35-27(23(13-45)14-46)9-39-31-7-33-34(8-32(31)40-10-28(24(15-47)16-48)36(4-21)43(35)53(39)40)42-12-30(26(19-51)20-52)38-6-22(2)5-37-29(25(17-49)18-50)11-41(33)54(42)44(37)38/h3-12H,1-2H3. The third-order valence-corrected chi connectivity index (χ3v) is 10.4. The van der Waals surface area contributed by atoms with Crippen LogP contribution in [0.3, 0.4) is 0 Å². The van der Waals surface area contributed by atoms with E-state index in [2.05, 4.69) is 0 Å². The Morgan fingerprint density at radius 2 is 0.556 bits per heavy atom. The Hall–Kier alpha value is -8.90. The Bertz CT molecular complexity index is 3380. The molecule has 0 unspecified atom stereocenters. The molecule has 3 aromatic carbocycles. The number of nitriles is 8. The zero-order valence-electron chi connectivity index (χ0n) is 28.2. The zero-order valence-corrected chi connectivity index (χ0v) is 28.2. The van der Waals surface area contributed by atoms with E-state index in [1.807, 2.05) is 132 Å². The van der Waals surface area contributed by atoms with E-state index in [4.69, 9.17) is 0 Å². The predicted octanol–water partition coefficient (Wildman–Crippen LogP) is 5.40. The highest BCUT2D eigenvalue weighted by atomic mass is 14.9. The molecule has 0 aliphatic heterocycles. The molecule has 0 spiro atoms. The van der Waals surface area contributed by atoms with Crippen LogP contribution in [0.1, 0.15) is 11.1 Å². The molecule has 0 N–H and O–H groups in total. The lowest BCUT2D eigenvalue weighted by Crippen LogP contribution is -2.15. The molecular weight excluding hydrogens is 669 g/mol. The third kappa shape index (κ3) is 3.73. The van der Waals surface area contributed by atoms with E-state index in [1.54, 1.807) is 0 Å². The normalized spacial score (nSPS) is 11.0. The van der Waals surface area contributed by atoms with Gasteiger partial charge in [-0.15, -0.1) is 0 Å². The van der Waals surface area contributed by atoms with Crippen molar-refractivity contribution >= 4 is 98.5 Å². The number of fused-ring (bicyclic) bond motifs is 6. The van der Waals surface area contributed by atoms with Crippen LogP contribution in [0.2, 0.25) is 0 Å². The molecule has 0 saturated carbocycles. The Kier molecular flexibility index (Phi) is 6.22. The average molecular weight is 685 g/mol. The number of aromatic nitrogens is 2. The second-order valence-electron chi connectivity index (χ2n) is 13.2. The molecule has 0 radical (unpaired) electrons. The number of benzene rings is 3. The first-order valence-corrected chi connectivity index (χ1v) is 16.4. The van der Waals surface area contributed by atoms with Crippen LogP contribution in [0, 0.1) is 104 Å². The fourth-order valence-corrected chi connectivity index (χ4v) is 8.37. The lowest BCUT2D eigenvalue weighted by Gasteiger charge is -2.13. The van der Waals surface area contributed by atoms with Gasteiger partial charge in [-0.2, -0.15) is 42.1 Å². The van der Waals surface area contributed by atoms with Gasteiger partial charge in [0.25, 0.3) is 0 Å². The molecule has 10 nitrogen and oxygen atoms in total. The van der Waals surface area contributed by atoms with E-state index in [1.165, 1.54) is 0 Å². The molecule has 10 heteroatoms. The van der Waals surface area contributed by atoms with Crippen molar-refractivity contribution in [3.63, 3.8) is 0 Å². The van der Waals surface area contributed by atoms with E-state index in [0.29, 0.717) is 75.5 Å². The first-order valence-electron chi connectivity index (χ1n) is 16.4. The first kappa shape index (κ1) is 31.1. The van der Waals surface area contributed by atoms with Gasteiger partial charge in [0, 0.05) is 64.0 Å². The van der Waals surface area contributed by atoms with Gasteiger partial charge < -0.3 is 8.80 Å². The van der Waals surface area contributed by atoms with Gasteiger partial charge in [-0.1, -0.05) is 0 Å². The van der Waals surface area contributed by atoms with E-state index >= 15 is 0 Å². The largest absolute Gasteiger partial charge is 0.308 e. The number of rotatable bonds is 0. The van der Waals surface area contributed by atoms with E-state index in [-0.39, 0.29) is 22.3 Å². The maximum atomic E-state index is 10.1. The number of hydrogen-bond donors (Lipinski definition) is 0. The summed E-state index contributed by atoms with van der Waals surface area (Å²) in [5.41, 5.74) is 5.25. The highest BCUT2D eigenvalue weighted by Crippen LogP contribution is 2.40. The summed E-state index contributed by atoms with van der Waals surface area (Å²) in [7, 11) is 0. The minimum Gasteiger partial charge on any atom is -0.308 e. The van der Waals surface area contributed by atoms with Crippen molar-refractivity contribution in [1.29, 1.82) is 42.1 Å². The fourth-order valence-electron chi connectivity index (χ4n) is 8.37. The molecule has 0 amide bonds. The Morgan fingerprint density at radius 3 is 0.759 bits per heavy atom. The summed E-state index contributed by atoms with van der Waals surface area (Å²) in [5, 5.41) is 87.8. The van der Waals surface area contributed by atoms with Crippen molar-refractivity contribution in [2.75, 3.05) is 0 Å². The van der Waals surface area contributed by atoms with E-state index < -0.39 is 0 Å². The number of aryl methyl sites for hydroxylation is 2. The topological polar surface area (TPSA) is 199 Å². The van der Waals surface area contributed by atoms with Crippen molar-refractivity contribution in [2.45, 2.75) is 13.8 Å². The van der Waals surface area contributed by atoms with Gasteiger partial charge >= 0.3 is 0 Å². The summed E-state index contributed by atoms with van der Waals surface area (Å²) in [6, 6.07) is 35.1. The van der Waals surface area contributed by atoms with Crippen LogP contribution in [0.5, 0.6) is 0 Å². The van der Waals surface area contributed by atoms with Crippen LogP contribution >= 0.6 is 0 Å². The van der Waals surface area contributed by atoms with Crippen LogP contribution < -0.4 is 20.9 Å². The highest BCUT2D eigenvalue weighted by Gasteiger charge is 2.23. The molecule has 6 heterocycles. The molecule has 0 aliphatic rings. The molecule has 54 heavy (non-hydrogen) atoms. The average Bonchev–Trinajstić information content (AvgIpc) is 3.66. The van der Waals surface area contributed by atoms with Crippen LogP contribution in [0.25, 0.3) is 98.5 Å². The monoisotopic (exact) mass is 684 g/mol. The van der Waals surface area contributed by atoms with Crippen molar-refractivity contribution in [1.82, 2.24) is 8.80 Å².